The molecule has 1 aromatic heterocycles. The fourth-order valence-corrected chi connectivity index (χ4v) is 4.28. The maximum Gasteiger partial charge on any atom is 0.226 e. The summed E-state index contributed by atoms with van der Waals surface area (Å²) in [7, 11) is 1.94. The summed E-state index contributed by atoms with van der Waals surface area (Å²) in [5.74, 6) is 0.996. The van der Waals surface area contributed by atoms with E-state index in [2.05, 4.69) is 21.1 Å². The third-order valence-electron chi connectivity index (χ3n) is 5.73. The minimum Gasteiger partial charge on any atom is -0.340 e. The second-order valence-electron chi connectivity index (χ2n) is 7.20. The normalized spacial score (nSPS) is 30.0. The zero-order valence-electron chi connectivity index (χ0n) is 13.4. The number of aryl methyl sites for hydroxylation is 1. The van der Waals surface area contributed by atoms with Crippen LogP contribution in [0.3, 0.4) is 0 Å². The molecule has 0 spiro atoms. The van der Waals surface area contributed by atoms with Gasteiger partial charge in [-0.15, -0.1) is 0 Å². The third kappa shape index (κ3) is 2.67. The Labute approximate surface area is 132 Å². The molecule has 2 heterocycles. The Morgan fingerprint density at radius 3 is 2.55 bits per heavy atom. The number of rotatable bonds is 3. The molecule has 3 fully saturated rings. The number of nitrogens with zero attached hydrogens (tertiary/aromatic N) is 4. The number of hydrogen-bond donors (Lipinski definition) is 0. The summed E-state index contributed by atoms with van der Waals surface area (Å²) in [5.41, 5.74) is 1.23. The largest absolute Gasteiger partial charge is 0.340 e. The lowest BCUT2D eigenvalue weighted by Crippen LogP contribution is -2.51. The van der Waals surface area contributed by atoms with Crippen LogP contribution in [0.4, 0.5) is 0 Å². The fraction of sp³-hybridized carbons (Fsp3) is 0.765. The molecule has 2 saturated carbocycles. The summed E-state index contributed by atoms with van der Waals surface area (Å²) < 4.78 is 1.83. The molecule has 3 aliphatic rings. The van der Waals surface area contributed by atoms with E-state index in [-0.39, 0.29) is 5.92 Å². The Morgan fingerprint density at radius 2 is 1.91 bits per heavy atom. The van der Waals surface area contributed by atoms with Crippen molar-refractivity contribution in [2.75, 3.05) is 26.2 Å². The van der Waals surface area contributed by atoms with Crippen LogP contribution in [0.5, 0.6) is 0 Å². The van der Waals surface area contributed by atoms with E-state index < -0.39 is 0 Å². The lowest BCUT2D eigenvalue weighted by molar-refractivity contribution is -0.134. The van der Waals surface area contributed by atoms with Gasteiger partial charge in [-0.25, -0.2) is 0 Å². The van der Waals surface area contributed by atoms with E-state index in [1.807, 2.05) is 17.9 Å². The highest BCUT2D eigenvalue weighted by molar-refractivity contribution is 5.83. The quantitative estimate of drug-likeness (QED) is 0.852. The standard InChI is InChI=1S/C17H26N4O/c1-19-12-13(11-18-19)15-10-16(15)17(22)21-8-6-20(7-9-21)14-4-2-3-5-14/h11-12,14-16H,2-10H2,1H3. The van der Waals surface area contributed by atoms with Gasteiger partial charge in [0.1, 0.15) is 0 Å². The highest BCUT2D eigenvalue weighted by Gasteiger charge is 2.46. The minimum atomic E-state index is 0.210. The van der Waals surface area contributed by atoms with Crippen molar-refractivity contribution < 1.29 is 4.79 Å². The Bertz CT molecular complexity index is 541. The molecule has 120 valence electrons. The van der Waals surface area contributed by atoms with E-state index in [0.29, 0.717) is 11.8 Å². The van der Waals surface area contributed by atoms with Crippen molar-refractivity contribution >= 4 is 5.91 Å². The summed E-state index contributed by atoms with van der Waals surface area (Å²) in [6.07, 6.45) is 10.5. The Kier molecular flexibility index (Phi) is 3.68. The van der Waals surface area contributed by atoms with Gasteiger partial charge in [0.05, 0.1) is 6.20 Å². The maximum absolute atomic E-state index is 12.7. The van der Waals surface area contributed by atoms with Crippen LogP contribution in [0, 0.1) is 5.92 Å². The van der Waals surface area contributed by atoms with E-state index in [4.69, 9.17) is 0 Å². The van der Waals surface area contributed by atoms with Gasteiger partial charge < -0.3 is 4.90 Å². The molecule has 1 saturated heterocycles. The summed E-state index contributed by atoms with van der Waals surface area (Å²) in [6.45, 7) is 3.98. The number of carbonyl (C=O) groups excluding carboxylic acids is 1. The molecular weight excluding hydrogens is 276 g/mol. The minimum absolute atomic E-state index is 0.210. The molecule has 0 bridgehead atoms. The predicted molar refractivity (Wildman–Crippen MR) is 84.5 cm³/mol. The molecule has 1 aromatic rings. The van der Waals surface area contributed by atoms with Gasteiger partial charge in [0, 0.05) is 51.4 Å². The highest BCUT2D eigenvalue weighted by atomic mass is 16.2. The van der Waals surface area contributed by atoms with Crippen LogP contribution in [0.15, 0.2) is 12.4 Å². The number of amides is 1. The van der Waals surface area contributed by atoms with Crippen LogP contribution < -0.4 is 0 Å². The summed E-state index contributed by atoms with van der Waals surface area (Å²) >= 11 is 0. The average Bonchev–Trinajstić information content (AvgIpc) is 2.95. The first-order valence-electron chi connectivity index (χ1n) is 8.74. The number of aromatic nitrogens is 2. The molecular formula is C17H26N4O. The van der Waals surface area contributed by atoms with Gasteiger partial charge in [-0.1, -0.05) is 12.8 Å². The molecule has 5 heteroatoms. The van der Waals surface area contributed by atoms with Gasteiger partial charge in [0.15, 0.2) is 0 Å². The Morgan fingerprint density at radius 1 is 1.18 bits per heavy atom. The third-order valence-corrected chi connectivity index (χ3v) is 5.73. The van der Waals surface area contributed by atoms with Crippen LogP contribution in [-0.4, -0.2) is 57.7 Å². The monoisotopic (exact) mass is 302 g/mol. The van der Waals surface area contributed by atoms with Crippen molar-refractivity contribution in [2.24, 2.45) is 13.0 Å². The maximum atomic E-state index is 12.7. The molecule has 5 nitrogen and oxygen atoms in total. The van der Waals surface area contributed by atoms with Crippen molar-refractivity contribution in [2.45, 2.75) is 44.1 Å². The number of piperazine rings is 1. The van der Waals surface area contributed by atoms with E-state index in [9.17, 15) is 4.79 Å². The second kappa shape index (κ2) is 5.69. The predicted octanol–water partition coefficient (Wildman–Crippen LogP) is 1.61. The van der Waals surface area contributed by atoms with Crippen LogP contribution in [-0.2, 0) is 11.8 Å². The molecule has 1 amide bonds. The summed E-state index contributed by atoms with van der Waals surface area (Å²) in [6, 6.07) is 0.793. The van der Waals surface area contributed by atoms with E-state index >= 15 is 0 Å². The lowest BCUT2D eigenvalue weighted by Gasteiger charge is -2.38. The first-order chi connectivity index (χ1) is 10.7. The molecule has 0 radical (unpaired) electrons. The molecule has 2 aliphatic carbocycles. The number of hydrogen-bond acceptors (Lipinski definition) is 3. The first-order valence-corrected chi connectivity index (χ1v) is 8.74. The molecule has 22 heavy (non-hydrogen) atoms. The van der Waals surface area contributed by atoms with Crippen molar-refractivity contribution in [3.63, 3.8) is 0 Å². The average molecular weight is 302 g/mol. The van der Waals surface area contributed by atoms with Crippen LogP contribution in [0.2, 0.25) is 0 Å². The molecule has 2 unspecified atom stereocenters. The second-order valence-corrected chi connectivity index (χ2v) is 7.20. The van der Waals surface area contributed by atoms with Gasteiger partial charge in [0.25, 0.3) is 0 Å². The molecule has 0 aromatic carbocycles. The van der Waals surface area contributed by atoms with Gasteiger partial charge in [0.2, 0.25) is 5.91 Å². The zero-order valence-corrected chi connectivity index (χ0v) is 13.4. The lowest BCUT2D eigenvalue weighted by atomic mass is 10.1. The van der Waals surface area contributed by atoms with Crippen molar-refractivity contribution in [3.05, 3.63) is 18.0 Å². The van der Waals surface area contributed by atoms with Crippen LogP contribution in [0.1, 0.15) is 43.6 Å². The summed E-state index contributed by atoms with van der Waals surface area (Å²) in [4.78, 5) is 17.4. The van der Waals surface area contributed by atoms with Crippen LogP contribution in [0.25, 0.3) is 0 Å². The Balaban J connectivity index is 1.30. The van der Waals surface area contributed by atoms with Gasteiger partial charge in [-0.2, -0.15) is 5.10 Å². The van der Waals surface area contributed by atoms with Gasteiger partial charge in [-0.3, -0.25) is 14.4 Å². The van der Waals surface area contributed by atoms with Crippen molar-refractivity contribution in [1.29, 1.82) is 0 Å². The van der Waals surface area contributed by atoms with E-state index in [1.165, 1.54) is 31.2 Å². The molecule has 0 N–H and O–H groups in total. The fourth-order valence-electron chi connectivity index (χ4n) is 4.28. The van der Waals surface area contributed by atoms with Gasteiger partial charge in [-0.05, 0) is 30.7 Å². The topological polar surface area (TPSA) is 41.4 Å². The Hall–Kier alpha value is -1.36. The smallest absolute Gasteiger partial charge is 0.226 e. The molecule has 1 aliphatic heterocycles. The molecule has 4 rings (SSSR count). The summed E-state index contributed by atoms with van der Waals surface area (Å²) in [5, 5.41) is 4.22. The van der Waals surface area contributed by atoms with Gasteiger partial charge >= 0.3 is 0 Å². The van der Waals surface area contributed by atoms with Crippen molar-refractivity contribution in [1.82, 2.24) is 19.6 Å². The first kappa shape index (κ1) is 14.2. The van der Waals surface area contributed by atoms with E-state index in [1.54, 1.807) is 0 Å². The zero-order chi connectivity index (χ0) is 15.1. The van der Waals surface area contributed by atoms with Crippen molar-refractivity contribution in [3.8, 4) is 0 Å². The van der Waals surface area contributed by atoms with Crippen LogP contribution >= 0.6 is 0 Å². The SMILES string of the molecule is Cn1cc(C2CC2C(=O)N2CCN(C3CCCC3)CC2)cn1. The molecule has 2 atom stereocenters. The number of carbonyl (C=O) groups is 1. The highest BCUT2D eigenvalue weighted by Crippen LogP contribution is 2.48. The van der Waals surface area contributed by atoms with E-state index in [0.717, 1.165) is 38.6 Å².